The normalized spacial score (nSPS) is 23.6. The van der Waals surface area contributed by atoms with Gasteiger partial charge in [0.2, 0.25) is 0 Å². The third kappa shape index (κ3) is 3.93. The summed E-state index contributed by atoms with van der Waals surface area (Å²) in [5, 5.41) is 6.89. The Balaban J connectivity index is 1.46. The van der Waals surface area contributed by atoms with Gasteiger partial charge in [-0.15, -0.1) is 0 Å². The van der Waals surface area contributed by atoms with Crippen LogP contribution >= 0.6 is 0 Å². The van der Waals surface area contributed by atoms with E-state index in [2.05, 4.69) is 30.5 Å². The molecule has 3 aliphatic rings. The fourth-order valence-electron chi connectivity index (χ4n) is 5.60. The van der Waals surface area contributed by atoms with E-state index in [-0.39, 0.29) is 18.0 Å². The summed E-state index contributed by atoms with van der Waals surface area (Å²) >= 11 is 0. The molecule has 2 aliphatic heterocycles. The van der Waals surface area contributed by atoms with Gasteiger partial charge in [-0.1, -0.05) is 26.0 Å². The summed E-state index contributed by atoms with van der Waals surface area (Å²) in [7, 11) is 0. The lowest BCUT2D eigenvalue weighted by atomic mass is 9.98. The van der Waals surface area contributed by atoms with Crippen LogP contribution in [-0.2, 0) is 0 Å². The lowest BCUT2D eigenvalue weighted by Gasteiger charge is -2.25. The van der Waals surface area contributed by atoms with Crippen LogP contribution in [0.25, 0.3) is 11.1 Å². The van der Waals surface area contributed by atoms with Gasteiger partial charge in [0.25, 0.3) is 0 Å². The van der Waals surface area contributed by atoms with Crippen LogP contribution in [0.5, 0.6) is 11.5 Å². The molecule has 1 aliphatic carbocycles. The fourth-order valence-corrected chi connectivity index (χ4v) is 5.60. The SMILES string of the molecule is CCC(Oc1ccc2c(c1)-c1c(OC(CC)C3CCNC3)cccc1C2=O)C1CCNC1. The molecule has 2 aromatic rings. The van der Waals surface area contributed by atoms with Gasteiger partial charge in [-0.3, -0.25) is 4.79 Å². The quantitative estimate of drug-likeness (QED) is 0.549. The molecule has 2 heterocycles. The highest BCUT2D eigenvalue weighted by molar-refractivity contribution is 6.22. The van der Waals surface area contributed by atoms with Crippen molar-refractivity contribution < 1.29 is 14.3 Å². The van der Waals surface area contributed by atoms with Crippen molar-refractivity contribution in [2.45, 2.75) is 51.7 Å². The second kappa shape index (κ2) is 9.24. The molecule has 5 heteroatoms. The maximum Gasteiger partial charge on any atom is 0.194 e. The summed E-state index contributed by atoms with van der Waals surface area (Å²) < 4.78 is 13.0. The first kappa shape index (κ1) is 21.5. The molecular formula is C27H34N2O3. The predicted octanol–water partition coefficient (Wildman–Crippen LogP) is 4.43. The topological polar surface area (TPSA) is 59.6 Å². The van der Waals surface area contributed by atoms with E-state index in [1.54, 1.807) is 0 Å². The lowest BCUT2D eigenvalue weighted by Crippen LogP contribution is -2.28. The zero-order chi connectivity index (χ0) is 22.1. The molecular weight excluding hydrogens is 400 g/mol. The summed E-state index contributed by atoms with van der Waals surface area (Å²) in [6.45, 7) is 8.48. The van der Waals surface area contributed by atoms with Crippen LogP contribution in [0.4, 0.5) is 0 Å². The van der Waals surface area contributed by atoms with Gasteiger partial charge in [-0.05, 0) is 63.0 Å². The average molecular weight is 435 g/mol. The zero-order valence-corrected chi connectivity index (χ0v) is 19.2. The van der Waals surface area contributed by atoms with Gasteiger partial charge < -0.3 is 20.1 Å². The molecule has 5 rings (SSSR count). The average Bonchev–Trinajstić information content (AvgIpc) is 3.58. The Bertz CT molecular complexity index is 977. The van der Waals surface area contributed by atoms with Crippen LogP contribution in [0.1, 0.15) is 55.5 Å². The minimum atomic E-state index is 0.0783. The highest BCUT2D eigenvalue weighted by Gasteiger charge is 2.33. The third-order valence-corrected chi connectivity index (χ3v) is 7.39. The number of fused-ring (bicyclic) bond motifs is 3. The Hall–Kier alpha value is -2.37. The van der Waals surface area contributed by atoms with Gasteiger partial charge in [-0.2, -0.15) is 0 Å². The number of carbonyl (C=O) groups excluding carboxylic acids is 1. The van der Waals surface area contributed by atoms with Crippen LogP contribution in [0.3, 0.4) is 0 Å². The monoisotopic (exact) mass is 434 g/mol. The molecule has 0 spiro atoms. The van der Waals surface area contributed by atoms with Crippen molar-refractivity contribution in [1.82, 2.24) is 10.6 Å². The standard InChI is InChI=1S/C27H34N2O3/c1-3-23(17-10-12-28-15-17)31-19-8-9-20-22(14-19)26-21(27(20)30)6-5-7-25(26)32-24(4-2)18-11-13-29-16-18/h5-9,14,17-18,23-24,28-29H,3-4,10-13,15-16H2,1-2H3. The number of ether oxygens (including phenoxy) is 2. The largest absolute Gasteiger partial charge is 0.490 e. The van der Waals surface area contributed by atoms with Crippen LogP contribution in [0, 0.1) is 11.8 Å². The van der Waals surface area contributed by atoms with E-state index < -0.39 is 0 Å². The molecule has 4 atom stereocenters. The molecule has 5 nitrogen and oxygen atoms in total. The van der Waals surface area contributed by atoms with E-state index >= 15 is 0 Å². The van der Waals surface area contributed by atoms with Crippen molar-refractivity contribution in [2.24, 2.45) is 11.8 Å². The second-order valence-electron chi connectivity index (χ2n) is 9.35. The van der Waals surface area contributed by atoms with Crippen LogP contribution < -0.4 is 20.1 Å². The number of rotatable bonds is 8. The van der Waals surface area contributed by atoms with Crippen molar-refractivity contribution in [3.05, 3.63) is 47.5 Å². The fraction of sp³-hybridized carbons (Fsp3) is 0.519. The van der Waals surface area contributed by atoms with Gasteiger partial charge in [0.15, 0.2) is 5.78 Å². The number of benzene rings is 2. The van der Waals surface area contributed by atoms with Gasteiger partial charge in [0, 0.05) is 47.2 Å². The van der Waals surface area contributed by atoms with E-state index in [0.717, 1.165) is 85.6 Å². The van der Waals surface area contributed by atoms with Crippen LogP contribution in [0.15, 0.2) is 36.4 Å². The Labute approximate surface area is 190 Å². The van der Waals surface area contributed by atoms with Crippen LogP contribution in [0.2, 0.25) is 0 Å². The summed E-state index contributed by atoms with van der Waals surface area (Å²) in [5.41, 5.74) is 3.35. The lowest BCUT2D eigenvalue weighted by molar-refractivity contribution is 0.104. The minimum Gasteiger partial charge on any atom is -0.490 e. The maximum atomic E-state index is 13.1. The molecule has 2 saturated heterocycles. The number of hydrogen-bond acceptors (Lipinski definition) is 5. The van der Waals surface area contributed by atoms with Crippen molar-refractivity contribution in [2.75, 3.05) is 26.2 Å². The third-order valence-electron chi connectivity index (χ3n) is 7.39. The van der Waals surface area contributed by atoms with Crippen LogP contribution in [-0.4, -0.2) is 44.2 Å². The Morgan fingerprint density at radius 2 is 1.56 bits per heavy atom. The Kier molecular flexibility index (Phi) is 6.20. The molecule has 0 bridgehead atoms. The molecule has 170 valence electrons. The molecule has 0 aromatic heterocycles. The minimum absolute atomic E-state index is 0.0783. The van der Waals surface area contributed by atoms with Crippen molar-refractivity contribution >= 4 is 5.78 Å². The molecule has 0 amide bonds. The number of hydrogen-bond donors (Lipinski definition) is 2. The first-order valence-corrected chi connectivity index (χ1v) is 12.3. The number of nitrogens with one attached hydrogen (secondary N) is 2. The highest BCUT2D eigenvalue weighted by Crippen LogP contribution is 2.45. The van der Waals surface area contributed by atoms with Gasteiger partial charge in [0.1, 0.15) is 23.7 Å². The molecule has 0 radical (unpaired) electrons. The van der Waals surface area contributed by atoms with Crippen molar-refractivity contribution in [1.29, 1.82) is 0 Å². The summed E-state index contributed by atoms with van der Waals surface area (Å²) in [4.78, 5) is 13.1. The number of carbonyl (C=O) groups is 1. The van der Waals surface area contributed by atoms with E-state index in [1.165, 1.54) is 0 Å². The number of ketones is 1. The molecule has 2 aromatic carbocycles. The second-order valence-corrected chi connectivity index (χ2v) is 9.35. The van der Waals surface area contributed by atoms with E-state index in [1.807, 2.05) is 30.3 Å². The summed E-state index contributed by atoms with van der Waals surface area (Å²) in [6, 6.07) is 11.8. The first-order chi connectivity index (χ1) is 15.7. The first-order valence-electron chi connectivity index (χ1n) is 12.3. The van der Waals surface area contributed by atoms with Gasteiger partial charge >= 0.3 is 0 Å². The molecule has 4 unspecified atom stereocenters. The Morgan fingerprint density at radius 1 is 0.875 bits per heavy atom. The van der Waals surface area contributed by atoms with E-state index in [0.29, 0.717) is 11.8 Å². The summed E-state index contributed by atoms with van der Waals surface area (Å²) in [5.74, 6) is 2.77. The zero-order valence-electron chi connectivity index (χ0n) is 19.2. The molecule has 0 saturated carbocycles. The molecule has 2 N–H and O–H groups in total. The van der Waals surface area contributed by atoms with Gasteiger partial charge in [0.05, 0.1) is 0 Å². The maximum absolute atomic E-state index is 13.1. The smallest absolute Gasteiger partial charge is 0.194 e. The molecule has 2 fully saturated rings. The van der Waals surface area contributed by atoms with Crippen molar-refractivity contribution in [3.63, 3.8) is 0 Å². The van der Waals surface area contributed by atoms with E-state index in [4.69, 9.17) is 9.47 Å². The van der Waals surface area contributed by atoms with Crippen molar-refractivity contribution in [3.8, 4) is 22.6 Å². The highest BCUT2D eigenvalue weighted by atomic mass is 16.5. The molecule has 32 heavy (non-hydrogen) atoms. The van der Waals surface area contributed by atoms with Gasteiger partial charge in [-0.25, -0.2) is 0 Å². The Morgan fingerprint density at radius 3 is 2.19 bits per heavy atom. The predicted molar refractivity (Wildman–Crippen MR) is 127 cm³/mol. The van der Waals surface area contributed by atoms with E-state index in [9.17, 15) is 4.79 Å². The summed E-state index contributed by atoms with van der Waals surface area (Å²) in [6.07, 6.45) is 4.54.